The molecule has 2 atom stereocenters. The molecule has 2 aromatic rings. The van der Waals surface area contributed by atoms with Gasteiger partial charge in [0.15, 0.2) is 5.96 Å². The van der Waals surface area contributed by atoms with Crippen LogP contribution in [-0.4, -0.2) is 60.0 Å². The fourth-order valence-corrected chi connectivity index (χ4v) is 4.43. The molecule has 1 aliphatic carbocycles. The first-order valence-corrected chi connectivity index (χ1v) is 12.4. The number of anilines is 1. The minimum atomic E-state index is -2.48. The van der Waals surface area contributed by atoms with Crippen molar-refractivity contribution in [1.82, 2.24) is 20.9 Å². The number of β-amino-alcohol motifs (C(OH)–C–C–N with tert-alkyl or cyclic N) is 1. The molecule has 4 rings (SSSR count). The first kappa shape index (κ1) is 26.7. The number of alkyl halides is 2. The fourth-order valence-electron chi connectivity index (χ4n) is 4.18. The summed E-state index contributed by atoms with van der Waals surface area (Å²) in [5, 5.41) is 21.2. The minimum absolute atomic E-state index is 0.238. The molecule has 1 aromatic heterocycles. The third-order valence-electron chi connectivity index (χ3n) is 6.49. The lowest BCUT2D eigenvalue weighted by Crippen LogP contribution is -2.42. The Kier molecular flexibility index (Phi) is 8.23. The molecule has 0 spiro atoms. The van der Waals surface area contributed by atoms with Crippen LogP contribution in [0, 0.1) is 0 Å². The molecule has 1 aromatic carbocycles. The lowest BCUT2D eigenvalue weighted by Gasteiger charge is -2.21. The number of halogens is 3. The zero-order valence-corrected chi connectivity index (χ0v) is 21.0. The van der Waals surface area contributed by atoms with Crippen molar-refractivity contribution in [3.05, 3.63) is 58.4 Å². The molecular formula is C25H29ClF2N6O3. The first-order valence-electron chi connectivity index (χ1n) is 12.1. The van der Waals surface area contributed by atoms with Gasteiger partial charge in [0.05, 0.1) is 48.1 Å². The van der Waals surface area contributed by atoms with E-state index >= 15 is 0 Å². The second kappa shape index (κ2) is 11.4. The van der Waals surface area contributed by atoms with E-state index in [0.29, 0.717) is 53.6 Å². The number of carbonyl (C=O) groups excluding carboxylic acids is 2. The van der Waals surface area contributed by atoms with Crippen molar-refractivity contribution in [1.29, 1.82) is 0 Å². The monoisotopic (exact) mass is 534 g/mol. The van der Waals surface area contributed by atoms with E-state index in [1.54, 1.807) is 24.3 Å². The molecule has 0 bridgehead atoms. The van der Waals surface area contributed by atoms with Crippen molar-refractivity contribution in [3.8, 4) is 0 Å². The predicted octanol–water partition coefficient (Wildman–Crippen LogP) is 2.76. The van der Waals surface area contributed by atoms with Crippen LogP contribution >= 0.6 is 11.6 Å². The van der Waals surface area contributed by atoms with Gasteiger partial charge in [0, 0.05) is 17.8 Å². The minimum Gasteiger partial charge on any atom is -0.389 e. The van der Waals surface area contributed by atoms with Crippen LogP contribution in [0.25, 0.3) is 0 Å². The maximum absolute atomic E-state index is 13.6. The van der Waals surface area contributed by atoms with Gasteiger partial charge in [0.25, 0.3) is 5.91 Å². The number of nitrogens with zero attached hydrogens (tertiary/aromatic N) is 2. The average Bonchev–Trinajstić information content (AvgIpc) is 3.69. The Balaban J connectivity index is 1.34. The van der Waals surface area contributed by atoms with Crippen molar-refractivity contribution in [2.75, 3.05) is 25.0 Å². The molecule has 12 heteroatoms. The van der Waals surface area contributed by atoms with Crippen LogP contribution in [0.15, 0.2) is 41.7 Å². The Bertz CT molecular complexity index is 1190. The van der Waals surface area contributed by atoms with Crippen LogP contribution in [0.2, 0.25) is 5.02 Å². The van der Waals surface area contributed by atoms with Crippen molar-refractivity contribution in [2.45, 2.75) is 50.2 Å². The molecule has 2 aliphatic rings. The third-order valence-corrected chi connectivity index (χ3v) is 6.70. The van der Waals surface area contributed by atoms with Crippen molar-refractivity contribution in [2.24, 2.45) is 4.99 Å². The highest BCUT2D eigenvalue weighted by molar-refractivity contribution is 6.30. The van der Waals surface area contributed by atoms with Gasteiger partial charge in [0.1, 0.15) is 0 Å². The molecule has 2 unspecified atom stereocenters. The van der Waals surface area contributed by atoms with E-state index in [1.165, 1.54) is 12.4 Å². The summed E-state index contributed by atoms with van der Waals surface area (Å²) in [5.41, 5.74) is 0.722. The summed E-state index contributed by atoms with van der Waals surface area (Å²) in [4.78, 5) is 33.4. The zero-order chi connectivity index (χ0) is 26.6. The van der Waals surface area contributed by atoms with Gasteiger partial charge in [-0.15, -0.1) is 0 Å². The molecule has 5 N–H and O–H groups in total. The summed E-state index contributed by atoms with van der Waals surface area (Å²) in [6, 6.07) is 6.03. The molecule has 1 aliphatic heterocycles. The largest absolute Gasteiger partial charge is 0.389 e. The van der Waals surface area contributed by atoms with E-state index < -0.39 is 35.8 Å². The number of amides is 2. The highest BCUT2D eigenvalue weighted by Crippen LogP contribution is 2.53. The van der Waals surface area contributed by atoms with Crippen LogP contribution in [0.4, 0.5) is 14.5 Å². The van der Waals surface area contributed by atoms with Gasteiger partial charge in [-0.3, -0.25) is 19.6 Å². The molecule has 2 amide bonds. The van der Waals surface area contributed by atoms with Gasteiger partial charge in [-0.2, -0.15) is 0 Å². The molecule has 37 heavy (non-hydrogen) atoms. The molecule has 1 saturated carbocycles. The molecule has 198 valence electrons. The maximum atomic E-state index is 13.6. The Morgan fingerprint density at radius 3 is 2.68 bits per heavy atom. The predicted molar refractivity (Wildman–Crippen MR) is 136 cm³/mol. The number of benzene rings is 1. The second-order valence-corrected chi connectivity index (χ2v) is 9.69. The summed E-state index contributed by atoms with van der Waals surface area (Å²) in [7, 11) is 0. The van der Waals surface area contributed by atoms with Gasteiger partial charge < -0.3 is 26.4 Å². The Hall–Kier alpha value is -3.31. The van der Waals surface area contributed by atoms with Gasteiger partial charge in [-0.1, -0.05) is 24.6 Å². The van der Waals surface area contributed by atoms with Crippen molar-refractivity contribution >= 4 is 35.1 Å². The van der Waals surface area contributed by atoms with Crippen LogP contribution in [0.3, 0.4) is 0 Å². The number of aliphatic hydroxyl groups is 1. The number of guanidine groups is 1. The number of rotatable bonds is 9. The number of aliphatic hydroxyl groups excluding tert-OH is 1. The van der Waals surface area contributed by atoms with Crippen LogP contribution in [0.1, 0.15) is 53.7 Å². The number of aliphatic imine (C=N–C) groups is 1. The van der Waals surface area contributed by atoms with Crippen molar-refractivity contribution < 1.29 is 23.5 Å². The van der Waals surface area contributed by atoms with E-state index in [1.807, 2.05) is 6.92 Å². The number of pyridine rings is 1. The molecule has 9 nitrogen and oxygen atoms in total. The zero-order valence-electron chi connectivity index (χ0n) is 20.2. The highest BCUT2D eigenvalue weighted by Gasteiger charge is 2.52. The van der Waals surface area contributed by atoms with Crippen molar-refractivity contribution in [3.63, 3.8) is 0 Å². The van der Waals surface area contributed by atoms with E-state index in [-0.39, 0.29) is 18.7 Å². The normalized spacial score (nSPS) is 18.9. The number of carbonyl (C=O) groups is 2. The Labute approximate surface area is 218 Å². The van der Waals surface area contributed by atoms with Crippen LogP contribution in [0.5, 0.6) is 0 Å². The SMILES string of the molecule is CCC(NC(=O)CNC(=O)c1cncc(NC2=NCC(O)CN2)c1)c1cc(Cl)cc(C2(C(F)F)CC2)c1. The molecule has 1 fully saturated rings. The summed E-state index contributed by atoms with van der Waals surface area (Å²) >= 11 is 6.23. The van der Waals surface area contributed by atoms with Crippen LogP contribution < -0.4 is 21.3 Å². The molecule has 0 saturated heterocycles. The van der Waals surface area contributed by atoms with Gasteiger partial charge in [-0.25, -0.2) is 8.78 Å². The Morgan fingerprint density at radius 1 is 1.24 bits per heavy atom. The highest BCUT2D eigenvalue weighted by atomic mass is 35.5. The maximum Gasteiger partial charge on any atom is 0.253 e. The van der Waals surface area contributed by atoms with E-state index in [0.717, 1.165) is 0 Å². The number of hydrogen-bond donors (Lipinski definition) is 5. The average molecular weight is 535 g/mol. The topological polar surface area (TPSA) is 128 Å². The fraction of sp³-hybridized carbons (Fsp3) is 0.440. The number of hydrogen-bond acceptors (Lipinski definition) is 7. The first-order chi connectivity index (χ1) is 17.7. The summed E-state index contributed by atoms with van der Waals surface area (Å²) in [6.07, 6.45) is 1.17. The van der Waals surface area contributed by atoms with E-state index in [4.69, 9.17) is 11.6 Å². The van der Waals surface area contributed by atoms with E-state index in [9.17, 15) is 23.5 Å². The van der Waals surface area contributed by atoms with Crippen LogP contribution in [-0.2, 0) is 10.2 Å². The second-order valence-electron chi connectivity index (χ2n) is 9.25. The third kappa shape index (κ3) is 6.53. The molecular weight excluding hydrogens is 506 g/mol. The molecule has 0 radical (unpaired) electrons. The standard InChI is InChI=1S/C25H29ClF2N6O3/c1-2-20(14-5-16(8-17(26)6-14)25(3-4-25)23(27)28)34-21(36)13-30-22(37)15-7-18(10-29-9-15)33-24-31-11-19(35)12-32-24/h5-10,19-20,23,35H,2-4,11-13H2,1H3,(H,30,37)(H,34,36)(H2,31,32,33). The quantitative estimate of drug-likeness (QED) is 0.337. The van der Waals surface area contributed by atoms with Gasteiger partial charge >= 0.3 is 0 Å². The van der Waals surface area contributed by atoms with E-state index in [2.05, 4.69) is 31.2 Å². The summed E-state index contributed by atoms with van der Waals surface area (Å²) in [6.45, 7) is 2.20. The summed E-state index contributed by atoms with van der Waals surface area (Å²) in [5.74, 6) is -0.468. The Morgan fingerprint density at radius 2 is 2.03 bits per heavy atom. The van der Waals surface area contributed by atoms with Gasteiger partial charge in [-0.05, 0) is 48.6 Å². The number of aromatic nitrogens is 1. The lowest BCUT2D eigenvalue weighted by molar-refractivity contribution is -0.120. The van der Waals surface area contributed by atoms with Gasteiger partial charge in [0.2, 0.25) is 12.3 Å². The molecule has 2 heterocycles. The smallest absolute Gasteiger partial charge is 0.253 e. The summed E-state index contributed by atoms with van der Waals surface area (Å²) < 4.78 is 27.2. The lowest BCUT2D eigenvalue weighted by atomic mass is 9.92. The number of nitrogens with one attached hydrogen (secondary N) is 4.